The fourth-order valence-electron chi connectivity index (χ4n) is 2.18. The number of carbonyl (C=O) groups is 2. The van der Waals surface area contributed by atoms with Gasteiger partial charge >= 0.3 is 0 Å². The molecule has 0 saturated carbocycles. The molecule has 5 heteroatoms. The van der Waals surface area contributed by atoms with Gasteiger partial charge in [0.15, 0.2) is 0 Å². The lowest BCUT2D eigenvalue weighted by Crippen LogP contribution is -2.41. The van der Waals surface area contributed by atoms with E-state index in [0.717, 1.165) is 5.56 Å². The van der Waals surface area contributed by atoms with E-state index >= 15 is 0 Å². The van der Waals surface area contributed by atoms with E-state index in [9.17, 15) is 9.59 Å². The second-order valence-electron chi connectivity index (χ2n) is 7.05. The first-order chi connectivity index (χ1) is 11.7. The zero-order valence-corrected chi connectivity index (χ0v) is 15.1. The predicted molar refractivity (Wildman–Crippen MR) is 102 cm³/mol. The van der Waals surface area contributed by atoms with E-state index in [0.29, 0.717) is 16.9 Å². The number of aryl methyl sites for hydroxylation is 1. The number of rotatable bonds is 5. The van der Waals surface area contributed by atoms with Crippen LogP contribution in [0.1, 0.15) is 36.7 Å². The third-order valence-corrected chi connectivity index (χ3v) is 3.49. The zero-order valence-electron chi connectivity index (χ0n) is 15.1. The number of anilines is 2. The van der Waals surface area contributed by atoms with Gasteiger partial charge in [0.2, 0.25) is 5.91 Å². The summed E-state index contributed by atoms with van der Waals surface area (Å²) < 4.78 is 0. The Hall–Kier alpha value is -2.66. The van der Waals surface area contributed by atoms with Gasteiger partial charge in [-0.25, -0.2) is 0 Å². The summed E-state index contributed by atoms with van der Waals surface area (Å²) in [6.45, 7) is 8.21. The molecule has 0 heterocycles. The minimum absolute atomic E-state index is 0.105. The Morgan fingerprint density at radius 2 is 1.52 bits per heavy atom. The summed E-state index contributed by atoms with van der Waals surface area (Å²) in [6, 6.07) is 14.5. The van der Waals surface area contributed by atoms with Crippen LogP contribution < -0.4 is 16.0 Å². The Morgan fingerprint density at radius 1 is 0.920 bits per heavy atom. The van der Waals surface area contributed by atoms with Crippen molar-refractivity contribution in [1.29, 1.82) is 0 Å². The molecule has 2 aromatic carbocycles. The molecule has 25 heavy (non-hydrogen) atoms. The van der Waals surface area contributed by atoms with Gasteiger partial charge in [0.25, 0.3) is 5.91 Å². The first-order valence-corrected chi connectivity index (χ1v) is 8.26. The largest absolute Gasteiger partial charge is 0.325 e. The van der Waals surface area contributed by atoms with E-state index in [1.165, 1.54) is 0 Å². The van der Waals surface area contributed by atoms with Crippen molar-refractivity contribution in [1.82, 2.24) is 5.32 Å². The van der Waals surface area contributed by atoms with Crippen LogP contribution in [0.3, 0.4) is 0 Å². The van der Waals surface area contributed by atoms with Gasteiger partial charge in [-0.05, 0) is 64.1 Å². The van der Waals surface area contributed by atoms with Gasteiger partial charge in [-0.1, -0.05) is 17.7 Å². The Bertz CT molecular complexity index is 746. The average Bonchev–Trinajstić information content (AvgIpc) is 2.54. The smallest absolute Gasteiger partial charge is 0.255 e. The van der Waals surface area contributed by atoms with Gasteiger partial charge in [-0.15, -0.1) is 0 Å². The molecular weight excluding hydrogens is 314 g/mol. The zero-order chi connectivity index (χ0) is 18.4. The molecule has 5 nitrogen and oxygen atoms in total. The van der Waals surface area contributed by atoms with Crippen molar-refractivity contribution < 1.29 is 9.59 Å². The Balaban J connectivity index is 1.91. The third-order valence-electron chi connectivity index (χ3n) is 3.49. The van der Waals surface area contributed by atoms with Gasteiger partial charge in [0.05, 0.1) is 6.54 Å². The Morgan fingerprint density at radius 3 is 2.08 bits per heavy atom. The van der Waals surface area contributed by atoms with Gasteiger partial charge in [-0.2, -0.15) is 0 Å². The molecule has 0 spiro atoms. The van der Waals surface area contributed by atoms with Crippen molar-refractivity contribution in [2.45, 2.75) is 33.2 Å². The lowest BCUT2D eigenvalue weighted by atomic mass is 10.1. The van der Waals surface area contributed by atoms with Crippen molar-refractivity contribution in [2.75, 3.05) is 17.2 Å². The maximum atomic E-state index is 12.2. The SMILES string of the molecule is Cc1cccc(C(=O)Nc2ccc(NC(=O)CNC(C)(C)C)cc2)c1. The predicted octanol–water partition coefficient (Wildman–Crippen LogP) is 3.57. The summed E-state index contributed by atoms with van der Waals surface area (Å²) in [7, 11) is 0. The fourth-order valence-corrected chi connectivity index (χ4v) is 2.18. The van der Waals surface area contributed by atoms with E-state index in [4.69, 9.17) is 0 Å². The molecule has 0 atom stereocenters. The first-order valence-electron chi connectivity index (χ1n) is 8.26. The van der Waals surface area contributed by atoms with Gasteiger partial charge in [0, 0.05) is 22.5 Å². The summed E-state index contributed by atoms with van der Waals surface area (Å²) in [5.74, 6) is -0.263. The normalized spacial score (nSPS) is 11.0. The molecule has 0 unspecified atom stereocenters. The second kappa shape index (κ2) is 7.94. The van der Waals surface area contributed by atoms with Gasteiger partial charge in [-0.3, -0.25) is 9.59 Å². The maximum absolute atomic E-state index is 12.2. The summed E-state index contributed by atoms with van der Waals surface area (Å²) in [6.07, 6.45) is 0. The highest BCUT2D eigenvalue weighted by Gasteiger charge is 2.11. The quantitative estimate of drug-likeness (QED) is 0.780. The highest BCUT2D eigenvalue weighted by atomic mass is 16.2. The molecule has 0 radical (unpaired) electrons. The molecule has 0 aliphatic carbocycles. The molecule has 3 N–H and O–H groups in total. The van der Waals surface area contributed by atoms with Crippen LogP contribution in [0, 0.1) is 6.92 Å². The lowest BCUT2D eigenvalue weighted by molar-refractivity contribution is -0.115. The minimum atomic E-state index is -0.158. The van der Waals surface area contributed by atoms with Crippen molar-refractivity contribution >= 4 is 23.2 Å². The molecule has 132 valence electrons. The van der Waals surface area contributed by atoms with Gasteiger partial charge < -0.3 is 16.0 Å². The number of amides is 2. The average molecular weight is 339 g/mol. The van der Waals surface area contributed by atoms with Crippen molar-refractivity contribution in [3.8, 4) is 0 Å². The van der Waals surface area contributed by atoms with Crippen molar-refractivity contribution in [2.24, 2.45) is 0 Å². The highest BCUT2D eigenvalue weighted by Crippen LogP contribution is 2.15. The Labute approximate surface area is 148 Å². The summed E-state index contributed by atoms with van der Waals surface area (Å²) in [5, 5.41) is 8.80. The van der Waals surface area contributed by atoms with Crippen LogP contribution in [-0.4, -0.2) is 23.9 Å². The Kier molecular flexibility index (Phi) is 5.93. The highest BCUT2D eigenvalue weighted by molar-refractivity contribution is 6.04. The minimum Gasteiger partial charge on any atom is -0.325 e. The number of benzene rings is 2. The van der Waals surface area contributed by atoms with E-state index in [-0.39, 0.29) is 23.9 Å². The van der Waals surface area contributed by atoms with Crippen LogP contribution in [0.5, 0.6) is 0 Å². The van der Waals surface area contributed by atoms with E-state index in [2.05, 4.69) is 16.0 Å². The summed E-state index contributed by atoms with van der Waals surface area (Å²) >= 11 is 0. The summed E-state index contributed by atoms with van der Waals surface area (Å²) in [4.78, 5) is 24.1. The number of nitrogens with one attached hydrogen (secondary N) is 3. The summed E-state index contributed by atoms with van der Waals surface area (Å²) in [5.41, 5.74) is 2.91. The number of carbonyl (C=O) groups excluding carboxylic acids is 2. The molecule has 0 fully saturated rings. The third kappa shape index (κ3) is 6.39. The topological polar surface area (TPSA) is 70.2 Å². The number of hydrogen-bond acceptors (Lipinski definition) is 3. The van der Waals surface area contributed by atoms with Gasteiger partial charge in [0.1, 0.15) is 0 Å². The molecule has 0 aromatic heterocycles. The van der Waals surface area contributed by atoms with Crippen LogP contribution in [0.25, 0.3) is 0 Å². The molecule has 0 bridgehead atoms. The molecule has 2 aromatic rings. The number of hydrogen-bond donors (Lipinski definition) is 3. The molecule has 2 amide bonds. The second-order valence-corrected chi connectivity index (χ2v) is 7.05. The fraction of sp³-hybridized carbons (Fsp3) is 0.300. The van der Waals surface area contributed by atoms with Crippen molar-refractivity contribution in [3.05, 3.63) is 59.7 Å². The van der Waals surface area contributed by atoms with E-state index < -0.39 is 0 Å². The molecule has 0 aliphatic heterocycles. The van der Waals surface area contributed by atoms with Crippen molar-refractivity contribution in [3.63, 3.8) is 0 Å². The molecule has 0 aliphatic rings. The van der Waals surface area contributed by atoms with Crippen LogP contribution in [0.2, 0.25) is 0 Å². The molecule has 2 rings (SSSR count). The molecular formula is C20H25N3O2. The maximum Gasteiger partial charge on any atom is 0.255 e. The van der Waals surface area contributed by atoms with Crippen LogP contribution in [0.15, 0.2) is 48.5 Å². The van der Waals surface area contributed by atoms with E-state index in [1.807, 2.05) is 45.9 Å². The monoisotopic (exact) mass is 339 g/mol. The van der Waals surface area contributed by atoms with Crippen LogP contribution in [0.4, 0.5) is 11.4 Å². The van der Waals surface area contributed by atoms with Crippen LogP contribution >= 0.6 is 0 Å². The molecule has 0 saturated heterocycles. The lowest BCUT2D eigenvalue weighted by Gasteiger charge is -2.20. The van der Waals surface area contributed by atoms with E-state index in [1.54, 1.807) is 30.3 Å². The first kappa shape index (κ1) is 18.7. The van der Waals surface area contributed by atoms with Crippen LogP contribution in [-0.2, 0) is 4.79 Å². The standard InChI is InChI=1S/C20H25N3O2/c1-14-6-5-7-15(12-14)19(25)23-17-10-8-16(9-11-17)22-18(24)13-21-20(2,3)4/h5-12,21H,13H2,1-4H3,(H,22,24)(H,23,25).